The molecular formula is C79H112O12. The molecule has 4 bridgehead atoms. The van der Waals surface area contributed by atoms with Gasteiger partial charge in [0.25, 0.3) is 0 Å². The molecule has 1 saturated heterocycles. The van der Waals surface area contributed by atoms with E-state index in [4.69, 9.17) is 9.84 Å². The van der Waals surface area contributed by atoms with Crippen LogP contribution >= 0.6 is 0 Å². The van der Waals surface area contributed by atoms with Gasteiger partial charge < -0.3 is 35.4 Å². The van der Waals surface area contributed by atoms with Gasteiger partial charge >= 0.3 is 17.9 Å². The molecule has 0 aromatic heterocycles. The van der Waals surface area contributed by atoms with Crippen LogP contribution in [0.5, 0.6) is 0 Å². The highest BCUT2D eigenvalue weighted by atomic mass is 16.6. The second-order valence-electron chi connectivity index (χ2n) is 33.4. The van der Waals surface area contributed by atoms with E-state index < -0.39 is 23.5 Å². The van der Waals surface area contributed by atoms with Gasteiger partial charge in [-0.05, 0) is 254 Å². The van der Waals surface area contributed by atoms with Gasteiger partial charge in [-0.25, -0.2) is 4.79 Å². The number of hydrogen-bond donors (Lipinski definition) is 6. The van der Waals surface area contributed by atoms with Crippen LogP contribution < -0.4 is 0 Å². The van der Waals surface area contributed by atoms with Crippen LogP contribution in [0.15, 0.2) is 101 Å². The lowest BCUT2D eigenvalue weighted by atomic mass is 9.52. The van der Waals surface area contributed by atoms with E-state index in [-0.39, 0.29) is 80.1 Å². The van der Waals surface area contributed by atoms with Crippen LogP contribution in [0, 0.1) is 96.6 Å². The Labute approximate surface area is 544 Å². The van der Waals surface area contributed by atoms with Gasteiger partial charge in [0.15, 0.2) is 11.6 Å². The summed E-state index contributed by atoms with van der Waals surface area (Å²) < 4.78 is 5.98. The highest BCUT2D eigenvalue weighted by Crippen LogP contribution is 2.76. The number of ether oxygens (including phenoxy) is 1. The summed E-state index contributed by atoms with van der Waals surface area (Å²) in [5, 5.41) is 58.1. The van der Waals surface area contributed by atoms with E-state index in [9.17, 15) is 49.5 Å². The lowest BCUT2D eigenvalue weighted by molar-refractivity contribution is -0.150. The Morgan fingerprint density at radius 3 is 1.92 bits per heavy atom. The highest BCUT2D eigenvalue weighted by molar-refractivity contribution is 5.92. The van der Waals surface area contributed by atoms with E-state index in [1.165, 1.54) is 41.5 Å². The molecule has 6 N–H and O–H groups in total. The van der Waals surface area contributed by atoms with Crippen molar-refractivity contribution >= 4 is 29.5 Å². The first-order valence-corrected chi connectivity index (χ1v) is 35.2. The Balaban J connectivity index is 0.000000125. The number of aliphatic hydroxyl groups is 3. The van der Waals surface area contributed by atoms with Gasteiger partial charge in [-0.15, -0.1) is 0 Å². The zero-order valence-corrected chi connectivity index (χ0v) is 57.0. The molecule has 17 atom stereocenters. The molecule has 12 aliphatic carbocycles. The smallest absolute Gasteiger partial charge is 0.331 e. The average molecular weight is 1250 g/mol. The van der Waals surface area contributed by atoms with Gasteiger partial charge in [0.05, 0.1) is 37.3 Å². The second kappa shape index (κ2) is 25.1. The molecule has 9 fully saturated rings. The Morgan fingerprint density at radius 1 is 0.703 bits per heavy atom. The van der Waals surface area contributed by atoms with Crippen LogP contribution in [-0.4, -0.2) is 91.1 Å². The van der Waals surface area contributed by atoms with Crippen molar-refractivity contribution in [3.05, 3.63) is 107 Å². The fourth-order valence-electron chi connectivity index (χ4n) is 22.8. The topological polar surface area (TPSA) is 219 Å². The number of rotatable bonds is 9. The van der Waals surface area contributed by atoms with Crippen molar-refractivity contribution < 1.29 is 59.3 Å². The molecule has 1 aromatic carbocycles. The molecule has 91 heavy (non-hydrogen) atoms. The Kier molecular flexibility index (Phi) is 19.1. The van der Waals surface area contributed by atoms with E-state index >= 15 is 0 Å². The number of carboxylic acid groups (broad SMARTS) is 3. The number of hydrogen-bond acceptors (Lipinski definition) is 9. The first-order chi connectivity index (χ1) is 42.7. The third-order valence-corrected chi connectivity index (χ3v) is 28.6. The van der Waals surface area contributed by atoms with E-state index in [0.29, 0.717) is 65.3 Å². The maximum absolute atomic E-state index is 12.0. The van der Waals surface area contributed by atoms with Crippen LogP contribution in [0.4, 0.5) is 0 Å². The van der Waals surface area contributed by atoms with Gasteiger partial charge in [-0.3, -0.25) is 19.2 Å². The number of carbonyl (C=O) groups excluding carboxylic acids is 2. The molecular weight excluding hydrogens is 1140 g/mol. The van der Waals surface area contributed by atoms with Gasteiger partial charge in [0.1, 0.15) is 5.60 Å². The SMILES string of the molecule is C=C(C)[C@H]1CC[C@H](C)[C@]12CC=C(C(=O)O)CC2.C=C1C2CCC(C(=O)O)C23CCC(C3)C1(C)CO.CC1(C)C2CCC3(C2)C(C(=O)O)CCC3C12CO2.CC1=CC(=O)C[C@@H](C)[C@@]12C=C(C(C)(C)O)CC2.C[C@@]12CCCC(CO)(Cc3ccccc3)C1=CC(=O)CC2. The molecule has 12 heteroatoms. The first-order valence-electron chi connectivity index (χ1n) is 35.2. The van der Waals surface area contributed by atoms with E-state index in [0.717, 1.165) is 140 Å². The Bertz CT molecular complexity index is 3150. The molecule has 12 nitrogen and oxygen atoms in total. The Morgan fingerprint density at radius 2 is 1.34 bits per heavy atom. The molecule has 1 aromatic rings. The molecule has 1 heterocycles. The summed E-state index contributed by atoms with van der Waals surface area (Å²) in [4.78, 5) is 57.6. The zero-order chi connectivity index (χ0) is 66.3. The van der Waals surface area contributed by atoms with Crippen LogP contribution in [0.2, 0.25) is 0 Å². The highest BCUT2D eigenvalue weighted by Gasteiger charge is 2.77. The van der Waals surface area contributed by atoms with Crippen LogP contribution in [0.3, 0.4) is 0 Å². The van der Waals surface area contributed by atoms with E-state index in [1.807, 2.05) is 44.2 Å². The van der Waals surface area contributed by atoms with Gasteiger partial charge in [-0.2, -0.15) is 0 Å². The average Bonchev–Trinajstić information content (AvgIpc) is 1.50. The molecule has 14 rings (SSSR count). The van der Waals surface area contributed by atoms with Crippen LogP contribution in [0.25, 0.3) is 0 Å². The molecule has 500 valence electrons. The summed E-state index contributed by atoms with van der Waals surface area (Å²) >= 11 is 0. The number of epoxide rings is 1. The third-order valence-electron chi connectivity index (χ3n) is 28.6. The lowest BCUT2D eigenvalue weighted by Crippen LogP contribution is -2.53. The largest absolute Gasteiger partial charge is 0.481 e. The van der Waals surface area contributed by atoms with Crippen LogP contribution in [-0.2, 0) is 35.1 Å². The molecule has 0 amide bonds. The van der Waals surface area contributed by atoms with Crippen molar-refractivity contribution in [2.24, 2.45) is 96.6 Å². The molecule has 1 aliphatic heterocycles. The van der Waals surface area contributed by atoms with Crippen molar-refractivity contribution in [3.63, 3.8) is 0 Å². The maximum atomic E-state index is 12.0. The predicted molar refractivity (Wildman–Crippen MR) is 355 cm³/mol. The van der Waals surface area contributed by atoms with Crippen molar-refractivity contribution in [2.45, 2.75) is 235 Å². The quantitative estimate of drug-likeness (QED) is 0.100. The summed E-state index contributed by atoms with van der Waals surface area (Å²) in [6.07, 6.45) is 31.4. The minimum atomic E-state index is -0.739. The number of carboxylic acids is 3. The summed E-state index contributed by atoms with van der Waals surface area (Å²) in [6, 6.07) is 10.3. The van der Waals surface area contributed by atoms with Gasteiger partial charge in [0, 0.05) is 34.7 Å². The number of ketones is 2. The molecule has 8 saturated carbocycles. The first kappa shape index (κ1) is 69.1. The lowest BCUT2D eigenvalue weighted by Gasteiger charge is -2.51. The normalized spacial score (nSPS) is 41.7. The predicted octanol–water partition coefficient (Wildman–Crippen LogP) is 15.6. The number of carbonyl (C=O) groups is 5. The summed E-state index contributed by atoms with van der Waals surface area (Å²) in [6.45, 7) is 31.0. The number of aliphatic hydroxyl groups excluding tert-OH is 2. The van der Waals surface area contributed by atoms with E-state index in [2.05, 4.69) is 86.8 Å². The van der Waals surface area contributed by atoms with Crippen molar-refractivity contribution in [3.8, 4) is 0 Å². The number of aliphatic carboxylic acids is 3. The van der Waals surface area contributed by atoms with Crippen molar-refractivity contribution in [2.75, 3.05) is 19.8 Å². The molecule has 0 radical (unpaired) electrons. The standard InChI is InChI=1S/C19H24O2.2C15H22O3.2C15H22O2/c1-18-9-5-10-19(14-20,13-15-6-3-2-4-7-15)17(18)12-16(21)8-11-18;1-13(2)9-5-6-14(7-9)10(12(16)17)3-4-11(14)15(13)8-18-15;1-9-11-3-4-12(13(17)18)15(11)6-5-10(7-15)14(9,2)8-16;1-10-7-13(16)8-11(2)15(10)6-5-12(9-15)14(3,4)17;1-10(2)13-5-4-11(3)15(13)8-6-12(7-9-15)14(16)17/h2-4,6-7,12,20H,5,8-11,13-14H2,1H3;9-11H,3-8H2,1-2H3,(H,16,17);10-12,16H,1,3-8H2,2H3,(H,17,18);7,9,11,17H,5-6,8H2,1-4H3;6,11,13H,1,4-5,7-9H2,2-3H3,(H,16,17)/t18-,19?;;;11-,15+;11-,13+,15+/m0..10/s1. The third kappa shape index (κ3) is 11.7. The summed E-state index contributed by atoms with van der Waals surface area (Å²) in [5.41, 5.74) is 7.31. The minimum Gasteiger partial charge on any atom is -0.481 e. The number of allylic oxidation sites excluding steroid dienone is 6. The Hall–Kier alpha value is -4.75. The van der Waals surface area contributed by atoms with Crippen molar-refractivity contribution in [1.29, 1.82) is 0 Å². The molecule has 13 aliphatic rings. The van der Waals surface area contributed by atoms with Crippen molar-refractivity contribution in [1.82, 2.24) is 0 Å². The van der Waals surface area contributed by atoms with E-state index in [1.54, 1.807) is 6.08 Å². The summed E-state index contributed by atoms with van der Waals surface area (Å²) in [7, 11) is 0. The number of fused-ring (bicyclic) bond motifs is 4. The fraction of sp³-hybridized carbons (Fsp3) is 0.709. The molecule has 11 unspecified atom stereocenters. The zero-order valence-electron chi connectivity index (χ0n) is 57.0. The van der Waals surface area contributed by atoms with Gasteiger partial charge in [0.2, 0.25) is 0 Å². The van der Waals surface area contributed by atoms with Gasteiger partial charge in [-0.1, -0.05) is 126 Å². The monoisotopic (exact) mass is 1250 g/mol. The summed E-state index contributed by atoms with van der Waals surface area (Å²) in [5.74, 6) is 1.78. The minimum absolute atomic E-state index is 0.0171. The second-order valence-corrected chi connectivity index (χ2v) is 33.4. The number of benzene rings is 1. The van der Waals surface area contributed by atoms with Crippen LogP contribution in [0.1, 0.15) is 222 Å². The fourth-order valence-corrected chi connectivity index (χ4v) is 22.8. The maximum Gasteiger partial charge on any atom is 0.331 e. The molecule has 5 spiro atoms.